The highest BCUT2D eigenvalue weighted by Gasteiger charge is 2.33. The topological polar surface area (TPSA) is 51.2 Å². The minimum absolute atomic E-state index is 0.0384. The van der Waals surface area contributed by atoms with Gasteiger partial charge in [0.25, 0.3) is 0 Å². The Morgan fingerprint density at radius 2 is 2.29 bits per heavy atom. The molecule has 1 aliphatic heterocycles. The van der Waals surface area contributed by atoms with E-state index in [9.17, 15) is 4.79 Å². The molecule has 1 aromatic carbocycles. The first-order valence-corrected chi connectivity index (χ1v) is 8.28. The van der Waals surface area contributed by atoms with Crippen molar-refractivity contribution in [2.75, 3.05) is 19.8 Å². The summed E-state index contributed by atoms with van der Waals surface area (Å²) >= 11 is 1.61. The molecule has 112 valence electrons. The van der Waals surface area contributed by atoms with Crippen LogP contribution in [0.25, 0.3) is 10.2 Å². The number of ketones is 1. The Kier molecular flexibility index (Phi) is 4.63. The van der Waals surface area contributed by atoms with Crippen LogP contribution in [0.15, 0.2) is 24.3 Å². The van der Waals surface area contributed by atoms with Gasteiger partial charge in [0.05, 0.1) is 35.8 Å². The van der Waals surface area contributed by atoms with Crippen molar-refractivity contribution in [3.05, 3.63) is 29.3 Å². The average Bonchev–Trinajstić information content (AvgIpc) is 3.10. The highest BCUT2D eigenvalue weighted by atomic mass is 32.1. The lowest BCUT2D eigenvalue weighted by Crippen LogP contribution is -2.40. The van der Waals surface area contributed by atoms with E-state index in [1.165, 1.54) is 0 Å². The molecule has 2 aromatic rings. The van der Waals surface area contributed by atoms with Crippen LogP contribution >= 0.6 is 11.3 Å². The number of hydrogen-bond donors (Lipinski definition) is 1. The molecule has 0 bridgehead atoms. The number of ether oxygens (including phenoxy) is 1. The van der Waals surface area contributed by atoms with Crippen LogP contribution in [0.3, 0.4) is 0 Å². The first-order valence-electron chi connectivity index (χ1n) is 7.46. The molecule has 0 amide bonds. The molecule has 0 spiro atoms. The van der Waals surface area contributed by atoms with E-state index in [0.29, 0.717) is 19.6 Å². The lowest BCUT2D eigenvalue weighted by molar-refractivity contribution is -0.122. The van der Waals surface area contributed by atoms with Crippen LogP contribution in [0.2, 0.25) is 0 Å². The molecule has 0 saturated carbocycles. The molecule has 2 heterocycles. The SMILES string of the molecule is CCCNC1COCC1C(=O)Cc1nc2ccccc2s1. The molecule has 1 saturated heterocycles. The van der Waals surface area contributed by atoms with Crippen LogP contribution in [-0.4, -0.2) is 36.6 Å². The molecule has 2 atom stereocenters. The van der Waals surface area contributed by atoms with Crippen molar-refractivity contribution in [2.24, 2.45) is 5.92 Å². The summed E-state index contributed by atoms with van der Waals surface area (Å²) in [5, 5.41) is 4.32. The zero-order valence-corrected chi connectivity index (χ0v) is 13.0. The molecule has 3 rings (SSSR count). The highest BCUT2D eigenvalue weighted by Crippen LogP contribution is 2.24. The standard InChI is InChI=1S/C16H20N2O2S/c1-2-7-17-13-10-20-9-11(13)14(19)8-16-18-12-5-3-4-6-15(12)21-16/h3-6,11,13,17H,2,7-10H2,1H3. The first kappa shape index (κ1) is 14.6. The fourth-order valence-corrected chi connectivity index (χ4v) is 3.66. The van der Waals surface area contributed by atoms with E-state index in [2.05, 4.69) is 17.2 Å². The monoisotopic (exact) mass is 304 g/mol. The van der Waals surface area contributed by atoms with Gasteiger partial charge in [-0.05, 0) is 25.1 Å². The van der Waals surface area contributed by atoms with Crippen LogP contribution in [0, 0.1) is 5.92 Å². The summed E-state index contributed by atoms with van der Waals surface area (Å²) in [5.74, 6) is 0.198. The normalized spacial score (nSPS) is 22.0. The predicted molar refractivity (Wildman–Crippen MR) is 84.7 cm³/mol. The number of hydrogen-bond acceptors (Lipinski definition) is 5. The van der Waals surface area contributed by atoms with Crippen molar-refractivity contribution < 1.29 is 9.53 Å². The Morgan fingerprint density at radius 3 is 3.10 bits per heavy atom. The van der Waals surface area contributed by atoms with Crippen LogP contribution in [0.4, 0.5) is 0 Å². The molecule has 1 fully saturated rings. The average molecular weight is 304 g/mol. The maximum absolute atomic E-state index is 12.5. The number of rotatable bonds is 6. The summed E-state index contributed by atoms with van der Waals surface area (Å²) in [6, 6.07) is 8.17. The summed E-state index contributed by atoms with van der Waals surface area (Å²) in [5.41, 5.74) is 0.980. The summed E-state index contributed by atoms with van der Waals surface area (Å²) in [7, 11) is 0. The largest absolute Gasteiger partial charge is 0.379 e. The van der Waals surface area contributed by atoms with Gasteiger partial charge < -0.3 is 10.1 Å². The molecule has 2 unspecified atom stereocenters. The number of benzene rings is 1. The maximum Gasteiger partial charge on any atom is 0.146 e. The van der Waals surface area contributed by atoms with Crippen molar-refractivity contribution in [1.29, 1.82) is 0 Å². The van der Waals surface area contributed by atoms with Crippen LogP contribution < -0.4 is 5.32 Å². The van der Waals surface area contributed by atoms with Crippen LogP contribution in [-0.2, 0) is 16.0 Å². The van der Waals surface area contributed by atoms with Gasteiger partial charge >= 0.3 is 0 Å². The van der Waals surface area contributed by atoms with Gasteiger partial charge in [0.15, 0.2) is 0 Å². The zero-order chi connectivity index (χ0) is 14.7. The number of thiazole rings is 1. The molecule has 1 N–H and O–H groups in total. The van der Waals surface area contributed by atoms with Crippen LogP contribution in [0.5, 0.6) is 0 Å². The van der Waals surface area contributed by atoms with Crippen molar-refractivity contribution in [3.8, 4) is 0 Å². The summed E-state index contributed by atoms with van der Waals surface area (Å²) < 4.78 is 6.63. The molecule has 5 heteroatoms. The molecule has 1 aromatic heterocycles. The summed E-state index contributed by atoms with van der Waals surface area (Å²) in [6.07, 6.45) is 1.48. The molecule has 4 nitrogen and oxygen atoms in total. The minimum Gasteiger partial charge on any atom is -0.379 e. The van der Waals surface area contributed by atoms with Gasteiger partial charge in [0.1, 0.15) is 10.8 Å². The van der Waals surface area contributed by atoms with E-state index in [-0.39, 0.29) is 17.7 Å². The fourth-order valence-electron chi connectivity index (χ4n) is 2.68. The third-order valence-corrected chi connectivity index (χ3v) is 4.85. The number of nitrogens with one attached hydrogen (secondary N) is 1. The summed E-state index contributed by atoms with van der Waals surface area (Å²) in [4.78, 5) is 17.1. The molecular weight excluding hydrogens is 284 g/mol. The lowest BCUT2D eigenvalue weighted by atomic mass is 9.96. The van der Waals surface area contributed by atoms with Gasteiger partial charge in [-0.2, -0.15) is 0 Å². The van der Waals surface area contributed by atoms with E-state index in [1.807, 2.05) is 24.3 Å². The number of carbonyl (C=O) groups excluding carboxylic acids is 1. The Morgan fingerprint density at radius 1 is 1.43 bits per heavy atom. The second-order valence-electron chi connectivity index (χ2n) is 5.42. The molecule has 0 radical (unpaired) electrons. The Bertz CT molecular complexity index is 593. The Balaban J connectivity index is 1.67. The van der Waals surface area contributed by atoms with Gasteiger partial charge in [-0.3, -0.25) is 4.79 Å². The van der Waals surface area contributed by atoms with Gasteiger partial charge in [-0.25, -0.2) is 4.98 Å². The minimum atomic E-state index is -0.0384. The quantitative estimate of drug-likeness (QED) is 0.890. The van der Waals surface area contributed by atoms with Gasteiger partial charge in [-0.15, -0.1) is 11.3 Å². The Hall–Kier alpha value is -1.30. The smallest absolute Gasteiger partial charge is 0.146 e. The third-order valence-electron chi connectivity index (χ3n) is 3.81. The van der Waals surface area contributed by atoms with Crippen molar-refractivity contribution >= 4 is 27.3 Å². The number of nitrogens with zero attached hydrogens (tertiary/aromatic N) is 1. The molecule has 0 aliphatic carbocycles. The molecule has 1 aliphatic rings. The fraction of sp³-hybridized carbons (Fsp3) is 0.500. The van der Waals surface area contributed by atoms with E-state index >= 15 is 0 Å². The number of para-hydroxylation sites is 1. The second-order valence-corrected chi connectivity index (χ2v) is 6.54. The van der Waals surface area contributed by atoms with E-state index in [0.717, 1.165) is 28.2 Å². The maximum atomic E-state index is 12.5. The zero-order valence-electron chi connectivity index (χ0n) is 12.2. The van der Waals surface area contributed by atoms with Gasteiger partial charge in [0, 0.05) is 6.04 Å². The van der Waals surface area contributed by atoms with Crippen molar-refractivity contribution in [2.45, 2.75) is 25.8 Å². The third kappa shape index (κ3) is 3.31. The van der Waals surface area contributed by atoms with Gasteiger partial charge in [-0.1, -0.05) is 19.1 Å². The first-order chi connectivity index (χ1) is 10.3. The van der Waals surface area contributed by atoms with Crippen molar-refractivity contribution in [3.63, 3.8) is 0 Å². The molecular formula is C16H20N2O2S. The highest BCUT2D eigenvalue weighted by molar-refractivity contribution is 7.18. The number of fused-ring (bicyclic) bond motifs is 1. The Labute approximate surface area is 128 Å². The predicted octanol–water partition coefficient (Wildman–Crippen LogP) is 2.42. The van der Waals surface area contributed by atoms with Crippen LogP contribution in [0.1, 0.15) is 18.4 Å². The van der Waals surface area contributed by atoms with E-state index in [1.54, 1.807) is 11.3 Å². The van der Waals surface area contributed by atoms with E-state index in [4.69, 9.17) is 4.74 Å². The van der Waals surface area contributed by atoms with E-state index < -0.39 is 0 Å². The van der Waals surface area contributed by atoms with Gasteiger partial charge in [0.2, 0.25) is 0 Å². The summed E-state index contributed by atoms with van der Waals surface area (Å²) in [6.45, 7) is 4.22. The number of aromatic nitrogens is 1. The molecule has 21 heavy (non-hydrogen) atoms. The second kappa shape index (κ2) is 6.64. The number of carbonyl (C=O) groups is 1. The number of Topliss-reactive ketones (excluding diaryl/α,β-unsaturated/α-hetero) is 1. The van der Waals surface area contributed by atoms with Crippen molar-refractivity contribution in [1.82, 2.24) is 10.3 Å². The lowest BCUT2D eigenvalue weighted by Gasteiger charge is -2.17.